The van der Waals surface area contributed by atoms with Crippen LogP contribution in [0.5, 0.6) is 0 Å². The second-order valence-corrected chi connectivity index (χ2v) is 4.53. The summed E-state index contributed by atoms with van der Waals surface area (Å²) in [6.07, 6.45) is 6.58. The maximum Gasteiger partial charge on any atom is 0.0479 e. The Labute approximate surface area is 82.0 Å². The van der Waals surface area contributed by atoms with E-state index in [2.05, 4.69) is 19.2 Å². The predicted octanol–water partition coefficient (Wildman–Crippen LogP) is 2.33. The average Bonchev–Trinajstić information content (AvgIpc) is 2.49. The second-order valence-electron chi connectivity index (χ2n) is 4.53. The lowest BCUT2D eigenvalue weighted by Gasteiger charge is -2.32. The molecule has 0 unspecified atom stereocenters. The van der Waals surface area contributed by atoms with Gasteiger partial charge in [-0.3, -0.25) is 0 Å². The molecule has 0 spiro atoms. The molecular weight excluding hydrogens is 162 g/mol. The highest BCUT2D eigenvalue weighted by Crippen LogP contribution is 2.32. The normalized spacial score (nSPS) is 21.2. The van der Waals surface area contributed by atoms with Crippen molar-refractivity contribution in [2.75, 3.05) is 13.7 Å². The first-order valence-corrected chi connectivity index (χ1v) is 5.45. The first kappa shape index (κ1) is 11.0. The van der Waals surface area contributed by atoms with Gasteiger partial charge >= 0.3 is 0 Å². The van der Waals surface area contributed by atoms with Gasteiger partial charge in [0.1, 0.15) is 0 Å². The molecule has 1 aliphatic rings. The van der Waals surface area contributed by atoms with Gasteiger partial charge in [0.05, 0.1) is 0 Å². The van der Waals surface area contributed by atoms with Gasteiger partial charge in [0.2, 0.25) is 0 Å². The highest BCUT2D eigenvalue weighted by Gasteiger charge is 2.33. The van der Waals surface area contributed by atoms with Crippen LogP contribution in [0.3, 0.4) is 0 Å². The average molecular weight is 185 g/mol. The van der Waals surface area contributed by atoms with Crippen molar-refractivity contribution in [3.05, 3.63) is 0 Å². The van der Waals surface area contributed by atoms with Crippen molar-refractivity contribution in [3.8, 4) is 0 Å². The fourth-order valence-corrected chi connectivity index (χ4v) is 2.43. The Morgan fingerprint density at radius 2 is 1.92 bits per heavy atom. The molecule has 0 aliphatic heterocycles. The van der Waals surface area contributed by atoms with E-state index in [1.807, 2.05) is 0 Å². The van der Waals surface area contributed by atoms with Crippen molar-refractivity contribution in [1.82, 2.24) is 5.32 Å². The molecule has 0 aromatic heterocycles. The fourth-order valence-electron chi connectivity index (χ4n) is 2.43. The Morgan fingerprint density at radius 1 is 1.31 bits per heavy atom. The van der Waals surface area contributed by atoms with Crippen molar-refractivity contribution < 1.29 is 4.74 Å². The molecule has 2 heteroatoms. The number of hydrogen-bond acceptors (Lipinski definition) is 2. The Kier molecular flexibility index (Phi) is 4.20. The van der Waals surface area contributed by atoms with E-state index in [0.717, 1.165) is 6.61 Å². The lowest BCUT2D eigenvalue weighted by atomic mass is 9.93. The third-order valence-electron chi connectivity index (χ3n) is 2.94. The van der Waals surface area contributed by atoms with Gasteiger partial charge in [-0.1, -0.05) is 26.7 Å². The molecule has 13 heavy (non-hydrogen) atoms. The van der Waals surface area contributed by atoms with Crippen molar-refractivity contribution >= 4 is 0 Å². The van der Waals surface area contributed by atoms with Crippen LogP contribution in [0.25, 0.3) is 0 Å². The largest absolute Gasteiger partial charge is 0.385 e. The van der Waals surface area contributed by atoms with Gasteiger partial charge in [-0.25, -0.2) is 0 Å². The summed E-state index contributed by atoms with van der Waals surface area (Å²) in [4.78, 5) is 0. The van der Waals surface area contributed by atoms with Gasteiger partial charge in [-0.2, -0.15) is 0 Å². The summed E-state index contributed by atoms with van der Waals surface area (Å²) in [5, 5.41) is 3.71. The molecule has 0 radical (unpaired) electrons. The lowest BCUT2D eigenvalue weighted by Crippen LogP contribution is -2.47. The number of methoxy groups -OCH3 is 1. The maximum atomic E-state index is 5.17. The van der Waals surface area contributed by atoms with E-state index >= 15 is 0 Å². The highest BCUT2D eigenvalue weighted by molar-refractivity contribution is 4.93. The molecular formula is C11H23NO. The molecule has 1 saturated carbocycles. The van der Waals surface area contributed by atoms with Gasteiger partial charge < -0.3 is 10.1 Å². The highest BCUT2D eigenvalue weighted by atomic mass is 16.5. The summed E-state index contributed by atoms with van der Waals surface area (Å²) in [7, 11) is 1.79. The van der Waals surface area contributed by atoms with Crippen LogP contribution in [0.4, 0.5) is 0 Å². The summed E-state index contributed by atoms with van der Waals surface area (Å²) in [6, 6.07) is 0.593. The predicted molar refractivity (Wildman–Crippen MR) is 56.0 cm³/mol. The van der Waals surface area contributed by atoms with Crippen molar-refractivity contribution in [1.29, 1.82) is 0 Å². The Hall–Kier alpha value is -0.0800. The Bertz CT molecular complexity index is 139. The quantitative estimate of drug-likeness (QED) is 0.710. The number of nitrogens with one attached hydrogen (secondary N) is 1. The molecule has 0 amide bonds. The summed E-state index contributed by atoms with van der Waals surface area (Å²) in [5.41, 5.74) is 0.393. The van der Waals surface area contributed by atoms with Gasteiger partial charge in [0.15, 0.2) is 0 Å². The van der Waals surface area contributed by atoms with E-state index in [4.69, 9.17) is 4.74 Å². The monoisotopic (exact) mass is 185 g/mol. The summed E-state index contributed by atoms with van der Waals surface area (Å²) in [6.45, 7) is 5.35. The molecule has 1 N–H and O–H groups in total. The minimum Gasteiger partial charge on any atom is -0.385 e. The fraction of sp³-hybridized carbons (Fsp3) is 1.00. The van der Waals surface area contributed by atoms with Crippen LogP contribution < -0.4 is 5.32 Å². The molecule has 0 atom stereocenters. The number of rotatable bonds is 5. The summed E-state index contributed by atoms with van der Waals surface area (Å²) in [5.74, 6) is 0. The van der Waals surface area contributed by atoms with Crippen molar-refractivity contribution in [2.24, 2.45) is 0 Å². The van der Waals surface area contributed by atoms with Crippen LogP contribution in [0.15, 0.2) is 0 Å². The Balaban J connectivity index is 2.42. The van der Waals surface area contributed by atoms with Gasteiger partial charge in [-0.05, 0) is 19.3 Å². The molecule has 0 bridgehead atoms. The molecule has 1 aliphatic carbocycles. The minimum absolute atomic E-state index is 0.393. The van der Waals surface area contributed by atoms with Crippen LogP contribution in [0.2, 0.25) is 0 Å². The standard InChI is InChI=1S/C11H23NO/c1-10(2)12-11(8-9-13-3)6-4-5-7-11/h10,12H,4-9H2,1-3H3. The second kappa shape index (κ2) is 4.97. The molecule has 78 valence electrons. The third kappa shape index (κ3) is 3.28. The van der Waals surface area contributed by atoms with E-state index < -0.39 is 0 Å². The number of hydrogen-bond donors (Lipinski definition) is 1. The van der Waals surface area contributed by atoms with E-state index in [9.17, 15) is 0 Å². The smallest absolute Gasteiger partial charge is 0.0479 e. The van der Waals surface area contributed by atoms with Crippen LogP contribution in [0, 0.1) is 0 Å². The molecule has 0 heterocycles. The van der Waals surface area contributed by atoms with Crippen LogP contribution in [-0.2, 0) is 4.74 Å². The first-order chi connectivity index (χ1) is 6.18. The topological polar surface area (TPSA) is 21.3 Å². The van der Waals surface area contributed by atoms with E-state index in [1.165, 1.54) is 32.1 Å². The summed E-state index contributed by atoms with van der Waals surface area (Å²) >= 11 is 0. The van der Waals surface area contributed by atoms with Crippen molar-refractivity contribution in [2.45, 2.75) is 57.5 Å². The van der Waals surface area contributed by atoms with Gasteiger partial charge in [0, 0.05) is 25.3 Å². The molecule has 1 fully saturated rings. The van der Waals surface area contributed by atoms with E-state index in [1.54, 1.807) is 7.11 Å². The van der Waals surface area contributed by atoms with Gasteiger partial charge in [0.25, 0.3) is 0 Å². The molecule has 0 aromatic rings. The molecule has 0 aromatic carbocycles. The SMILES string of the molecule is COCCC1(NC(C)C)CCCC1. The first-order valence-electron chi connectivity index (χ1n) is 5.45. The third-order valence-corrected chi connectivity index (χ3v) is 2.94. The van der Waals surface area contributed by atoms with Crippen LogP contribution >= 0.6 is 0 Å². The Morgan fingerprint density at radius 3 is 2.38 bits per heavy atom. The number of ether oxygens (including phenoxy) is 1. The lowest BCUT2D eigenvalue weighted by molar-refractivity contribution is 0.150. The maximum absolute atomic E-state index is 5.17. The van der Waals surface area contributed by atoms with Crippen LogP contribution in [-0.4, -0.2) is 25.3 Å². The van der Waals surface area contributed by atoms with E-state index in [0.29, 0.717) is 11.6 Å². The van der Waals surface area contributed by atoms with Crippen LogP contribution in [0.1, 0.15) is 46.0 Å². The molecule has 2 nitrogen and oxygen atoms in total. The zero-order valence-corrected chi connectivity index (χ0v) is 9.23. The van der Waals surface area contributed by atoms with E-state index in [-0.39, 0.29) is 0 Å². The zero-order valence-electron chi connectivity index (χ0n) is 9.23. The molecule has 1 rings (SSSR count). The molecule has 0 saturated heterocycles. The zero-order chi connectivity index (χ0) is 9.73. The van der Waals surface area contributed by atoms with Gasteiger partial charge in [-0.15, -0.1) is 0 Å². The van der Waals surface area contributed by atoms with Crippen molar-refractivity contribution in [3.63, 3.8) is 0 Å². The minimum atomic E-state index is 0.393. The summed E-state index contributed by atoms with van der Waals surface area (Å²) < 4.78 is 5.17.